The van der Waals surface area contributed by atoms with E-state index in [1.54, 1.807) is 0 Å². The summed E-state index contributed by atoms with van der Waals surface area (Å²) in [4.78, 5) is 14.6. The van der Waals surface area contributed by atoms with Crippen LogP contribution in [0.4, 0.5) is 0 Å². The highest BCUT2D eigenvalue weighted by molar-refractivity contribution is 5.82. The maximum Gasteiger partial charge on any atom is 0.226 e. The lowest BCUT2D eigenvalue weighted by atomic mass is 9.96. The van der Waals surface area contributed by atoms with Gasteiger partial charge in [-0.15, -0.1) is 0 Å². The van der Waals surface area contributed by atoms with E-state index in [1.165, 1.54) is 19.3 Å². The van der Waals surface area contributed by atoms with Crippen LogP contribution in [0, 0.1) is 17.8 Å². The second-order valence-electron chi connectivity index (χ2n) is 6.30. The summed E-state index contributed by atoms with van der Waals surface area (Å²) in [5.74, 6) is 2.41. The third-order valence-electron chi connectivity index (χ3n) is 4.82. The molecular weight excluding hydrogens is 212 g/mol. The Morgan fingerprint density at radius 1 is 1.29 bits per heavy atom. The number of rotatable bonds is 3. The Morgan fingerprint density at radius 2 is 2.06 bits per heavy atom. The second-order valence-corrected chi connectivity index (χ2v) is 6.30. The zero-order valence-corrected chi connectivity index (χ0v) is 10.8. The van der Waals surface area contributed by atoms with Gasteiger partial charge in [0.15, 0.2) is 0 Å². The van der Waals surface area contributed by atoms with Gasteiger partial charge in [-0.05, 0) is 57.3 Å². The Hall–Kier alpha value is -0.570. The van der Waals surface area contributed by atoms with Crippen LogP contribution in [0.15, 0.2) is 0 Å². The van der Waals surface area contributed by atoms with E-state index in [4.69, 9.17) is 5.73 Å². The average Bonchev–Trinajstić information content (AvgIpc) is 3.15. The molecule has 0 aromatic carbocycles. The summed E-state index contributed by atoms with van der Waals surface area (Å²) in [5, 5.41) is 0. The monoisotopic (exact) mass is 236 g/mol. The molecule has 0 aromatic rings. The van der Waals surface area contributed by atoms with Gasteiger partial charge in [0.2, 0.25) is 5.91 Å². The van der Waals surface area contributed by atoms with E-state index >= 15 is 0 Å². The zero-order chi connectivity index (χ0) is 12.0. The minimum absolute atomic E-state index is 0.123. The van der Waals surface area contributed by atoms with Gasteiger partial charge in [0.25, 0.3) is 0 Å². The van der Waals surface area contributed by atoms with Crippen LogP contribution in [-0.2, 0) is 4.79 Å². The van der Waals surface area contributed by atoms with Crippen molar-refractivity contribution in [2.24, 2.45) is 23.5 Å². The van der Waals surface area contributed by atoms with Gasteiger partial charge in [-0.2, -0.15) is 0 Å². The first-order valence-corrected chi connectivity index (χ1v) is 7.24. The predicted octanol–water partition coefficient (Wildman–Crippen LogP) is 1.76. The highest BCUT2D eigenvalue weighted by Gasteiger charge is 2.53. The van der Waals surface area contributed by atoms with Crippen LogP contribution in [0.5, 0.6) is 0 Å². The number of carbonyl (C=O) groups is 1. The lowest BCUT2D eigenvalue weighted by molar-refractivity contribution is -0.137. The fourth-order valence-electron chi connectivity index (χ4n) is 3.53. The molecule has 3 nitrogen and oxygen atoms in total. The van der Waals surface area contributed by atoms with Crippen LogP contribution < -0.4 is 5.73 Å². The normalized spacial score (nSPS) is 38.9. The third-order valence-corrected chi connectivity index (χ3v) is 4.82. The number of hydrogen-bond donors (Lipinski definition) is 1. The highest BCUT2D eigenvalue weighted by atomic mass is 16.2. The number of nitrogens with two attached hydrogens (primary N) is 1. The number of carbonyl (C=O) groups excluding carboxylic acids is 1. The molecule has 0 radical (unpaired) electrons. The van der Waals surface area contributed by atoms with Gasteiger partial charge in [-0.1, -0.05) is 0 Å². The summed E-state index contributed by atoms with van der Waals surface area (Å²) >= 11 is 0. The summed E-state index contributed by atoms with van der Waals surface area (Å²) in [7, 11) is 0. The van der Waals surface area contributed by atoms with Gasteiger partial charge in [-0.3, -0.25) is 4.79 Å². The topological polar surface area (TPSA) is 46.3 Å². The Morgan fingerprint density at radius 3 is 2.71 bits per heavy atom. The first-order chi connectivity index (χ1) is 8.18. The standard InChI is InChI=1S/C14H24N2O/c1-9(15)13-4-2-3-7-16(13)14(17)12-8-11(12)10-5-6-10/h9-13H,2-8,15H2,1H3. The van der Waals surface area contributed by atoms with Gasteiger partial charge in [0, 0.05) is 24.5 Å². The molecule has 0 bridgehead atoms. The predicted molar refractivity (Wildman–Crippen MR) is 67.3 cm³/mol. The molecule has 2 saturated carbocycles. The second kappa shape index (κ2) is 4.27. The fourth-order valence-corrected chi connectivity index (χ4v) is 3.53. The molecular formula is C14H24N2O. The molecule has 1 aliphatic heterocycles. The molecule has 1 amide bonds. The first-order valence-electron chi connectivity index (χ1n) is 7.24. The van der Waals surface area contributed by atoms with E-state index < -0.39 is 0 Å². The van der Waals surface area contributed by atoms with Gasteiger partial charge >= 0.3 is 0 Å². The number of likely N-dealkylation sites (tertiary alicyclic amines) is 1. The van der Waals surface area contributed by atoms with Gasteiger partial charge in [0.1, 0.15) is 0 Å². The van der Waals surface area contributed by atoms with Crippen molar-refractivity contribution in [1.29, 1.82) is 0 Å². The number of hydrogen-bond acceptors (Lipinski definition) is 2. The molecule has 3 aliphatic rings. The van der Waals surface area contributed by atoms with Crippen LogP contribution in [0.3, 0.4) is 0 Å². The molecule has 4 atom stereocenters. The maximum absolute atomic E-state index is 12.5. The van der Waals surface area contributed by atoms with Gasteiger partial charge in [0.05, 0.1) is 0 Å². The Kier molecular flexibility index (Phi) is 2.89. The maximum atomic E-state index is 12.5. The summed E-state index contributed by atoms with van der Waals surface area (Å²) in [6, 6.07) is 0.425. The van der Waals surface area contributed by atoms with Crippen LogP contribution in [0.2, 0.25) is 0 Å². The molecule has 2 aliphatic carbocycles. The van der Waals surface area contributed by atoms with Gasteiger partial charge < -0.3 is 10.6 Å². The Balaban J connectivity index is 1.63. The number of piperidine rings is 1. The molecule has 2 N–H and O–H groups in total. The van der Waals surface area contributed by atoms with Crippen molar-refractivity contribution < 1.29 is 4.79 Å². The molecule has 0 spiro atoms. The first kappa shape index (κ1) is 11.5. The fraction of sp³-hybridized carbons (Fsp3) is 0.929. The lowest BCUT2D eigenvalue weighted by Gasteiger charge is -2.38. The van der Waals surface area contributed by atoms with Crippen LogP contribution >= 0.6 is 0 Å². The molecule has 0 aromatic heterocycles. The van der Waals surface area contributed by atoms with E-state index in [-0.39, 0.29) is 6.04 Å². The van der Waals surface area contributed by atoms with Crippen molar-refractivity contribution >= 4 is 5.91 Å². The lowest BCUT2D eigenvalue weighted by Crippen LogP contribution is -2.52. The largest absolute Gasteiger partial charge is 0.338 e. The molecule has 3 fully saturated rings. The van der Waals surface area contributed by atoms with Crippen molar-refractivity contribution in [2.45, 2.75) is 57.5 Å². The highest BCUT2D eigenvalue weighted by Crippen LogP contribution is 2.55. The summed E-state index contributed by atoms with van der Waals surface area (Å²) in [6.45, 7) is 2.99. The Labute approximate surface area is 104 Å². The van der Waals surface area contributed by atoms with Crippen LogP contribution in [0.25, 0.3) is 0 Å². The van der Waals surface area contributed by atoms with E-state index in [2.05, 4.69) is 4.90 Å². The van der Waals surface area contributed by atoms with E-state index in [0.29, 0.717) is 17.9 Å². The Bertz CT molecular complexity index is 311. The van der Waals surface area contributed by atoms with Crippen molar-refractivity contribution in [2.75, 3.05) is 6.54 Å². The zero-order valence-electron chi connectivity index (χ0n) is 10.8. The SMILES string of the molecule is CC(N)C1CCCCN1C(=O)C1CC1C1CC1. The number of nitrogens with zero attached hydrogens (tertiary/aromatic N) is 1. The van der Waals surface area contributed by atoms with Crippen LogP contribution in [-0.4, -0.2) is 29.4 Å². The summed E-state index contributed by atoms with van der Waals surface area (Å²) in [5.41, 5.74) is 6.03. The minimum atomic E-state index is 0.123. The smallest absolute Gasteiger partial charge is 0.226 e. The van der Waals surface area contributed by atoms with Crippen LogP contribution in [0.1, 0.15) is 45.4 Å². The van der Waals surface area contributed by atoms with Crippen molar-refractivity contribution in [3.8, 4) is 0 Å². The van der Waals surface area contributed by atoms with Crippen molar-refractivity contribution in [1.82, 2.24) is 4.90 Å². The summed E-state index contributed by atoms with van der Waals surface area (Å²) in [6.07, 6.45) is 7.38. The quantitative estimate of drug-likeness (QED) is 0.811. The van der Waals surface area contributed by atoms with E-state index in [9.17, 15) is 4.79 Å². The van der Waals surface area contributed by atoms with Crippen molar-refractivity contribution in [3.05, 3.63) is 0 Å². The summed E-state index contributed by atoms with van der Waals surface area (Å²) < 4.78 is 0. The minimum Gasteiger partial charge on any atom is -0.338 e. The molecule has 1 heterocycles. The molecule has 17 heavy (non-hydrogen) atoms. The van der Waals surface area contributed by atoms with E-state index in [1.807, 2.05) is 6.92 Å². The molecule has 3 heteroatoms. The molecule has 4 unspecified atom stereocenters. The van der Waals surface area contributed by atoms with E-state index in [0.717, 1.165) is 37.6 Å². The van der Waals surface area contributed by atoms with Crippen molar-refractivity contribution in [3.63, 3.8) is 0 Å². The van der Waals surface area contributed by atoms with Gasteiger partial charge in [-0.25, -0.2) is 0 Å². The molecule has 3 rings (SSSR count). The molecule has 1 saturated heterocycles. The number of amides is 1. The average molecular weight is 236 g/mol. The molecule has 96 valence electrons. The third kappa shape index (κ3) is 2.22.